The van der Waals surface area contributed by atoms with Crippen LogP contribution in [-0.2, 0) is 10.0 Å². The molecule has 0 radical (unpaired) electrons. The molecule has 0 aliphatic carbocycles. The van der Waals surface area contributed by atoms with Gasteiger partial charge in [-0.05, 0) is 49.6 Å². The first-order valence-corrected chi connectivity index (χ1v) is 11.5. The number of carbonyl (C=O) groups excluding carboxylic acids is 1. The Morgan fingerprint density at radius 1 is 1.10 bits per heavy atom. The SMILES string of the molecule is CCN(CC)S(=O)(=O)c1ccc(N2CCCCC2)c(NC(=O)c2ccccn2)c1. The van der Waals surface area contributed by atoms with Gasteiger partial charge in [0.2, 0.25) is 10.0 Å². The quantitative estimate of drug-likeness (QED) is 0.748. The van der Waals surface area contributed by atoms with E-state index >= 15 is 0 Å². The van der Waals surface area contributed by atoms with E-state index in [2.05, 4.69) is 15.2 Å². The molecule has 8 heteroatoms. The van der Waals surface area contributed by atoms with Crippen LogP contribution in [0.15, 0.2) is 47.5 Å². The number of sulfonamides is 1. The number of hydrogen-bond acceptors (Lipinski definition) is 5. The average molecular weight is 417 g/mol. The fourth-order valence-electron chi connectivity index (χ4n) is 3.58. The minimum Gasteiger partial charge on any atom is -0.370 e. The van der Waals surface area contributed by atoms with Crippen LogP contribution < -0.4 is 10.2 Å². The molecule has 0 spiro atoms. The Morgan fingerprint density at radius 2 is 1.83 bits per heavy atom. The van der Waals surface area contributed by atoms with Gasteiger partial charge in [-0.15, -0.1) is 0 Å². The molecule has 156 valence electrons. The van der Waals surface area contributed by atoms with Crippen molar-refractivity contribution in [3.8, 4) is 0 Å². The average Bonchev–Trinajstić information content (AvgIpc) is 2.75. The van der Waals surface area contributed by atoms with Crippen molar-refractivity contribution in [2.75, 3.05) is 36.4 Å². The summed E-state index contributed by atoms with van der Waals surface area (Å²) in [4.78, 5) is 19.2. The predicted molar refractivity (Wildman–Crippen MR) is 115 cm³/mol. The molecular weight excluding hydrogens is 388 g/mol. The summed E-state index contributed by atoms with van der Waals surface area (Å²) in [5.74, 6) is -0.360. The molecule has 7 nitrogen and oxygen atoms in total. The van der Waals surface area contributed by atoms with Crippen LogP contribution in [0.2, 0.25) is 0 Å². The summed E-state index contributed by atoms with van der Waals surface area (Å²) < 4.78 is 27.4. The van der Waals surface area contributed by atoms with Crippen LogP contribution in [0, 0.1) is 0 Å². The largest absolute Gasteiger partial charge is 0.370 e. The van der Waals surface area contributed by atoms with E-state index in [1.54, 1.807) is 42.6 Å². The first kappa shape index (κ1) is 21.3. The molecule has 1 aliphatic rings. The minimum atomic E-state index is -3.62. The van der Waals surface area contributed by atoms with Gasteiger partial charge in [-0.25, -0.2) is 8.42 Å². The van der Waals surface area contributed by atoms with Crippen molar-refractivity contribution < 1.29 is 13.2 Å². The van der Waals surface area contributed by atoms with E-state index in [-0.39, 0.29) is 16.5 Å². The molecule has 2 aromatic rings. The second kappa shape index (κ2) is 9.37. The number of hydrogen-bond donors (Lipinski definition) is 1. The number of amides is 1. The summed E-state index contributed by atoms with van der Waals surface area (Å²) in [5.41, 5.74) is 1.62. The van der Waals surface area contributed by atoms with Gasteiger partial charge in [-0.1, -0.05) is 19.9 Å². The standard InChI is InChI=1S/C21H28N4O3S/c1-3-25(4-2)29(27,28)17-11-12-20(24-14-8-5-9-15-24)19(16-17)23-21(26)18-10-6-7-13-22-18/h6-7,10-13,16H,3-5,8-9,14-15H2,1-2H3,(H,23,26). The van der Waals surface area contributed by atoms with Crippen molar-refractivity contribution in [3.05, 3.63) is 48.3 Å². The topological polar surface area (TPSA) is 82.6 Å². The molecule has 1 aromatic carbocycles. The molecule has 1 aromatic heterocycles. The van der Waals surface area contributed by atoms with Crippen LogP contribution >= 0.6 is 0 Å². The maximum absolute atomic E-state index is 13.0. The van der Waals surface area contributed by atoms with Gasteiger partial charge in [0.1, 0.15) is 5.69 Å². The number of anilines is 2. The molecule has 0 bridgehead atoms. The third-order valence-electron chi connectivity index (χ3n) is 5.15. The maximum atomic E-state index is 13.0. The molecule has 2 heterocycles. The number of aromatic nitrogens is 1. The summed E-state index contributed by atoms with van der Waals surface area (Å²) in [6.07, 6.45) is 4.89. The van der Waals surface area contributed by atoms with Gasteiger partial charge in [-0.3, -0.25) is 9.78 Å². The third-order valence-corrected chi connectivity index (χ3v) is 7.20. The molecule has 3 rings (SSSR count). The number of carbonyl (C=O) groups is 1. The normalized spacial score (nSPS) is 14.8. The van der Waals surface area contributed by atoms with E-state index in [0.717, 1.165) is 31.6 Å². The molecular formula is C21H28N4O3S. The van der Waals surface area contributed by atoms with Gasteiger partial charge in [0.05, 0.1) is 16.3 Å². The molecule has 1 aliphatic heterocycles. The number of nitrogens with zero attached hydrogens (tertiary/aromatic N) is 3. The van der Waals surface area contributed by atoms with E-state index in [9.17, 15) is 13.2 Å². The van der Waals surface area contributed by atoms with Gasteiger partial charge >= 0.3 is 0 Å². The molecule has 0 saturated carbocycles. The first-order chi connectivity index (χ1) is 14.0. The van der Waals surface area contributed by atoms with Gasteiger partial charge in [0.25, 0.3) is 5.91 Å². The number of piperidine rings is 1. The lowest BCUT2D eigenvalue weighted by molar-refractivity contribution is 0.102. The zero-order valence-corrected chi connectivity index (χ0v) is 17.8. The molecule has 1 saturated heterocycles. The zero-order chi connectivity index (χ0) is 20.9. The van der Waals surface area contributed by atoms with E-state index in [1.165, 1.54) is 10.7 Å². The van der Waals surface area contributed by atoms with Crippen LogP contribution in [-0.4, -0.2) is 49.8 Å². The van der Waals surface area contributed by atoms with Crippen LogP contribution in [0.25, 0.3) is 0 Å². The fraction of sp³-hybridized carbons (Fsp3) is 0.429. The number of benzene rings is 1. The molecule has 29 heavy (non-hydrogen) atoms. The van der Waals surface area contributed by atoms with E-state index in [4.69, 9.17) is 0 Å². The number of pyridine rings is 1. The second-order valence-electron chi connectivity index (χ2n) is 6.99. The van der Waals surface area contributed by atoms with Gasteiger partial charge in [0.15, 0.2) is 0 Å². The number of rotatable bonds is 7. The molecule has 1 N–H and O–H groups in total. The lowest BCUT2D eigenvalue weighted by Gasteiger charge is -2.31. The first-order valence-electron chi connectivity index (χ1n) is 10.1. The second-order valence-corrected chi connectivity index (χ2v) is 8.92. The van der Waals surface area contributed by atoms with Gasteiger partial charge in [0, 0.05) is 32.4 Å². The number of nitrogens with one attached hydrogen (secondary N) is 1. The Bertz CT molecular complexity index is 938. The Kier molecular flexibility index (Phi) is 6.87. The lowest BCUT2D eigenvalue weighted by atomic mass is 10.1. The fourth-order valence-corrected chi connectivity index (χ4v) is 5.07. The maximum Gasteiger partial charge on any atom is 0.274 e. The summed E-state index contributed by atoms with van der Waals surface area (Å²) in [6.45, 7) is 6.17. The summed E-state index contributed by atoms with van der Waals surface area (Å²) in [7, 11) is -3.62. The summed E-state index contributed by atoms with van der Waals surface area (Å²) in [6, 6.07) is 10.1. The Labute approximate surface area is 172 Å². The van der Waals surface area contributed by atoms with Gasteiger partial charge in [-0.2, -0.15) is 4.31 Å². The van der Waals surface area contributed by atoms with Crippen molar-refractivity contribution in [2.24, 2.45) is 0 Å². The Morgan fingerprint density at radius 3 is 2.45 bits per heavy atom. The van der Waals surface area contributed by atoms with Crippen molar-refractivity contribution in [1.82, 2.24) is 9.29 Å². The summed E-state index contributed by atoms with van der Waals surface area (Å²) in [5, 5.41) is 2.89. The predicted octanol–water partition coefficient (Wildman–Crippen LogP) is 3.35. The smallest absolute Gasteiger partial charge is 0.274 e. The van der Waals surface area contributed by atoms with Crippen LogP contribution in [0.3, 0.4) is 0 Å². The van der Waals surface area contributed by atoms with Gasteiger partial charge < -0.3 is 10.2 Å². The van der Waals surface area contributed by atoms with Crippen LogP contribution in [0.5, 0.6) is 0 Å². The highest BCUT2D eigenvalue weighted by Gasteiger charge is 2.25. The molecule has 0 unspecified atom stereocenters. The molecule has 1 amide bonds. The molecule has 0 atom stereocenters. The minimum absolute atomic E-state index is 0.179. The van der Waals surface area contributed by atoms with E-state index < -0.39 is 10.0 Å². The van der Waals surface area contributed by atoms with Crippen molar-refractivity contribution >= 4 is 27.3 Å². The zero-order valence-electron chi connectivity index (χ0n) is 17.0. The Hall–Kier alpha value is -2.45. The van der Waals surface area contributed by atoms with E-state index in [0.29, 0.717) is 18.8 Å². The Balaban J connectivity index is 2.00. The van der Waals surface area contributed by atoms with Crippen molar-refractivity contribution in [2.45, 2.75) is 38.0 Å². The lowest BCUT2D eigenvalue weighted by Crippen LogP contribution is -2.32. The summed E-state index contributed by atoms with van der Waals surface area (Å²) >= 11 is 0. The highest BCUT2D eigenvalue weighted by atomic mass is 32.2. The third kappa shape index (κ3) is 4.76. The monoisotopic (exact) mass is 416 g/mol. The van der Waals surface area contributed by atoms with Crippen LogP contribution in [0.4, 0.5) is 11.4 Å². The molecule has 1 fully saturated rings. The van der Waals surface area contributed by atoms with Crippen molar-refractivity contribution in [3.63, 3.8) is 0 Å². The highest BCUT2D eigenvalue weighted by molar-refractivity contribution is 7.89. The highest BCUT2D eigenvalue weighted by Crippen LogP contribution is 2.32. The van der Waals surface area contributed by atoms with Crippen molar-refractivity contribution in [1.29, 1.82) is 0 Å². The van der Waals surface area contributed by atoms with E-state index in [1.807, 2.05) is 13.8 Å². The van der Waals surface area contributed by atoms with Crippen LogP contribution in [0.1, 0.15) is 43.6 Å².